The second-order valence-corrected chi connectivity index (χ2v) is 7.13. The summed E-state index contributed by atoms with van der Waals surface area (Å²) in [6, 6.07) is 7.35. The van der Waals surface area contributed by atoms with E-state index in [1.165, 1.54) is 19.3 Å². The Labute approximate surface area is 143 Å². The molecular formula is C18H26ClNO3. The third-order valence-electron chi connectivity index (χ3n) is 4.83. The molecule has 1 aromatic carbocycles. The number of rotatable bonds is 5. The van der Waals surface area contributed by atoms with Crippen molar-refractivity contribution in [3.8, 4) is 5.75 Å². The summed E-state index contributed by atoms with van der Waals surface area (Å²) in [7, 11) is 0. The van der Waals surface area contributed by atoms with Crippen molar-refractivity contribution in [1.82, 2.24) is 4.90 Å². The van der Waals surface area contributed by atoms with Gasteiger partial charge in [-0.15, -0.1) is 0 Å². The molecule has 3 rings (SSSR count). The van der Waals surface area contributed by atoms with E-state index in [-0.39, 0.29) is 12.2 Å². The number of aliphatic hydroxyl groups excluding tert-OH is 1. The molecule has 4 nitrogen and oxygen atoms in total. The van der Waals surface area contributed by atoms with E-state index in [0.29, 0.717) is 17.3 Å². The Bertz CT molecular complexity index is 499. The lowest BCUT2D eigenvalue weighted by Crippen LogP contribution is -2.54. The summed E-state index contributed by atoms with van der Waals surface area (Å²) in [6.07, 6.45) is 5.60. The van der Waals surface area contributed by atoms with E-state index < -0.39 is 6.10 Å². The first kappa shape index (κ1) is 17.0. The molecular weight excluding hydrogens is 314 g/mol. The zero-order chi connectivity index (χ0) is 16.1. The molecule has 2 aliphatic rings. The average Bonchev–Trinajstić information content (AvgIpc) is 2.55. The molecule has 1 aliphatic carbocycles. The van der Waals surface area contributed by atoms with Gasteiger partial charge < -0.3 is 14.6 Å². The van der Waals surface area contributed by atoms with Crippen molar-refractivity contribution in [2.24, 2.45) is 0 Å². The summed E-state index contributed by atoms with van der Waals surface area (Å²) in [5.74, 6) is 0.624. The lowest BCUT2D eigenvalue weighted by Gasteiger charge is -2.45. The van der Waals surface area contributed by atoms with Crippen LogP contribution in [0.5, 0.6) is 5.75 Å². The first-order chi connectivity index (χ1) is 11.2. The molecule has 2 fully saturated rings. The first-order valence-electron chi connectivity index (χ1n) is 8.59. The van der Waals surface area contributed by atoms with Crippen molar-refractivity contribution >= 4 is 11.6 Å². The summed E-state index contributed by atoms with van der Waals surface area (Å²) >= 11 is 6.06. The number of hydrogen-bond acceptors (Lipinski definition) is 4. The molecule has 1 aliphatic heterocycles. The maximum atomic E-state index is 10.3. The number of β-amino-alcohol motifs (C(OH)–C–C–N with tert-alkyl or cyclic N) is 1. The molecule has 1 saturated heterocycles. The highest BCUT2D eigenvalue weighted by Crippen LogP contribution is 2.34. The number of morpholine rings is 1. The summed E-state index contributed by atoms with van der Waals surface area (Å²) in [5.41, 5.74) is 0.0276. The molecule has 1 N–H and O–H groups in total. The molecule has 1 aromatic rings. The Hall–Kier alpha value is -0.810. The predicted molar refractivity (Wildman–Crippen MR) is 91.2 cm³/mol. The minimum atomic E-state index is -0.523. The normalized spacial score (nSPS) is 22.9. The monoisotopic (exact) mass is 339 g/mol. The Morgan fingerprint density at radius 2 is 2.04 bits per heavy atom. The third kappa shape index (κ3) is 4.60. The number of hydrogen-bond donors (Lipinski definition) is 1. The van der Waals surface area contributed by atoms with Crippen LogP contribution in [-0.4, -0.2) is 54.6 Å². The number of nitrogens with zero attached hydrogens (tertiary/aromatic N) is 1. The standard InChI is InChI=1S/C18H26ClNO3/c19-16-6-2-3-7-17(16)22-13-15(21)12-20-10-11-23-18(14-20)8-4-1-5-9-18/h2-3,6-7,15,21H,1,4-5,8-14H2. The third-order valence-corrected chi connectivity index (χ3v) is 5.14. The van der Waals surface area contributed by atoms with Crippen LogP contribution in [0.2, 0.25) is 5.02 Å². The molecule has 1 heterocycles. The Balaban J connectivity index is 1.47. The fourth-order valence-corrected chi connectivity index (χ4v) is 3.87. The van der Waals surface area contributed by atoms with Crippen molar-refractivity contribution in [1.29, 1.82) is 0 Å². The Kier molecular flexibility index (Phi) is 5.81. The van der Waals surface area contributed by atoms with E-state index in [0.717, 1.165) is 32.5 Å². The molecule has 1 atom stereocenters. The van der Waals surface area contributed by atoms with Gasteiger partial charge in [0.1, 0.15) is 18.5 Å². The molecule has 1 unspecified atom stereocenters. The van der Waals surface area contributed by atoms with E-state index in [2.05, 4.69) is 4.90 Å². The maximum Gasteiger partial charge on any atom is 0.138 e. The lowest BCUT2D eigenvalue weighted by atomic mass is 9.83. The SMILES string of the molecule is OC(COc1ccccc1Cl)CN1CCOC2(CCCCC2)C1. The van der Waals surface area contributed by atoms with Gasteiger partial charge in [-0.25, -0.2) is 0 Å². The average molecular weight is 340 g/mol. The van der Waals surface area contributed by atoms with Gasteiger partial charge in [0.05, 0.1) is 17.2 Å². The number of benzene rings is 1. The van der Waals surface area contributed by atoms with Crippen LogP contribution in [0.4, 0.5) is 0 Å². The van der Waals surface area contributed by atoms with Gasteiger partial charge in [-0.2, -0.15) is 0 Å². The summed E-state index contributed by atoms with van der Waals surface area (Å²) < 4.78 is 11.7. The quantitative estimate of drug-likeness (QED) is 0.895. The van der Waals surface area contributed by atoms with E-state index >= 15 is 0 Å². The van der Waals surface area contributed by atoms with Gasteiger partial charge >= 0.3 is 0 Å². The molecule has 1 spiro atoms. The van der Waals surface area contributed by atoms with E-state index in [4.69, 9.17) is 21.1 Å². The van der Waals surface area contributed by atoms with Crippen molar-refractivity contribution < 1.29 is 14.6 Å². The number of halogens is 1. The first-order valence-corrected chi connectivity index (χ1v) is 8.96. The molecule has 0 radical (unpaired) electrons. The van der Waals surface area contributed by atoms with Gasteiger partial charge in [0.25, 0.3) is 0 Å². The van der Waals surface area contributed by atoms with E-state index in [9.17, 15) is 5.11 Å². The minimum absolute atomic E-state index is 0.0276. The Morgan fingerprint density at radius 3 is 2.83 bits per heavy atom. The second kappa shape index (κ2) is 7.84. The van der Waals surface area contributed by atoms with Crippen LogP contribution in [0.25, 0.3) is 0 Å². The molecule has 23 heavy (non-hydrogen) atoms. The van der Waals surface area contributed by atoms with Gasteiger partial charge in [0.2, 0.25) is 0 Å². The molecule has 0 aromatic heterocycles. The number of para-hydroxylation sites is 1. The van der Waals surface area contributed by atoms with Gasteiger partial charge in [-0.05, 0) is 25.0 Å². The second-order valence-electron chi connectivity index (χ2n) is 6.72. The summed E-state index contributed by atoms with van der Waals surface area (Å²) in [4.78, 5) is 2.31. The van der Waals surface area contributed by atoms with Crippen molar-refractivity contribution in [2.75, 3.05) is 32.8 Å². The fourth-order valence-electron chi connectivity index (χ4n) is 3.68. The zero-order valence-electron chi connectivity index (χ0n) is 13.5. The maximum absolute atomic E-state index is 10.3. The van der Waals surface area contributed by atoms with E-state index in [1.807, 2.05) is 18.2 Å². The Morgan fingerprint density at radius 1 is 1.26 bits per heavy atom. The van der Waals surface area contributed by atoms with Crippen molar-refractivity contribution in [2.45, 2.75) is 43.8 Å². The van der Waals surface area contributed by atoms with Gasteiger partial charge in [-0.1, -0.05) is 43.0 Å². The van der Waals surface area contributed by atoms with Crippen molar-refractivity contribution in [3.05, 3.63) is 29.3 Å². The smallest absolute Gasteiger partial charge is 0.138 e. The highest BCUT2D eigenvalue weighted by Gasteiger charge is 2.37. The fraction of sp³-hybridized carbons (Fsp3) is 0.667. The molecule has 0 bridgehead atoms. The zero-order valence-corrected chi connectivity index (χ0v) is 14.3. The van der Waals surface area contributed by atoms with Gasteiger partial charge in [0, 0.05) is 19.6 Å². The highest BCUT2D eigenvalue weighted by molar-refractivity contribution is 6.32. The highest BCUT2D eigenvalue weighted by atomic mass is 35.5. The van der Waals surface area contributed by atoms with Gasteiger partial charge in [0.15, 0.2) is 0 Å². The molecule has 128 valence electrons. The number of ether oxygens (including phenoxy) is 2. The van der Waals surface area contributed by atoms with Crippen LogP contribution < -0.4 is 4.74 Å². The summed E-state index contributed by atoms with van der Waals surface area (Å²) in [5, 5.41) is 10.9. The van der Waals surface area contributed by atoms with Gasteiger partial charge in [-0.3, -0.25) is 4.90 Å². The van der Waals surface area contributed by atoms with Crippen LogP contribution in [-0.2, 0) is 4.74 Å². The predicted octanol–water partition coefficient (Wildman–Crippen LogP) is 3.11. The van der Waals surface area contributed by atoms with Crippen LogP contribution in [0, 0.1) is 0 Å². The lowest BCUT2D eigenvalue weighted by molar-refractivity contribution is -0.132. The van der Waals surface area contributed by atoms with Crippen LogP contribution >= 0.6 is 11.6 Å². The topological polar surface area (TPSA) is 41.9 Å². The van der Waals surface area contributed by atoms with Crippen LogP contribution in [0.15, 0.2) is 24.3 Å². The summed E-state index contributed by atoms with van der Waals surface area (Å²) in [6.45, 7) is 3.45. The van der Waals surface area contributed by atoms with Crippen molar-refractivity contribution in [3.63, 3.8) is 0 Å². The molecule has 0 amide bonds. The largest absolute Gasteiger partial charge is 0.489 e. The van der Waals surface area contributed by atoms with Crippen LogP contribution in [0.1, 0.15) is 32.1 Å². The molecule has 1 saturated carbocycles. The van der Waals surface area contributed by atoms with E-state index in [1.54, 1.807) is 6.07 Å². The number of aliphatic hydroxyl groups is 1. The minimum Gasteiger partial charge on any atom is -0.489 e. The van der Waals surface area contributed by atoms with Crippen LogP contribution in [0.3, 0.4) is 0 Å². The molecule has 5 heteroatoms.